The quantitative estimate of drug-likeness (QED) is 0.845. The van der Waals surface area contributed by atoms with Gasteiger partial charge in [-0.25, -0.2) is 0 Å². The second-order valence-corrected chi connectivity index (χ2v) is 3.25. The third-order valence-electron chi connectivity index (χ3n) is 2.22. The number of nitrogens with zero attached hydrogens (tertiary/aromatic N) is 1. The van der Waals surface area contributed by atoms with Crippen molar-refractivity contribution in [1.29, 1.82) is 0 Å². The molecule has 0 amide bonds. The van der Waals surface area contributed by atoms with Crippen molar-refractivity contribution in [2.45, 2.75) is 20.8 Å². The molecule has 1 aromatic rings. The van der Waals surface area contributed by atoms with E-state index in [1.165, 1.54) is 11.3 Å². The van der Waals surface area contributed by atoms with Gasteiger partial charge in [0.25, 0.3) is 0 Å². The standard InChI is InChI=1S/C12H18N2.C2H6/c1-3-12(14(2)10-9-13)11-7-5-4-6-8-11;1-2/h3-8H,9-10,13H2,1-2H3;1-2H3/b12-3-;. The summed E-state index contributed by atoms with van der Waals surface area (Å²) < 4.78 is 0. The highest BCUT2D eigenvalue weighted by Gasteiger charge is 2.04. The Morgan fingerprint density at radius 2 is 1.81 bits per heavy atom. The van der Waals surface area contributed by atoms with E-state index in [2.05, 4.69) is 49.2 Å². The topological polar surface area (TPSA) is 29.3 Å². The lowest BCUT2D eigenvalue weighted by Gasteiger charge is -2.21. The van der Waals surface area contributed by atoms with Crippen molar-refractivity contribution in [3.05, 3.63) is 42.0 Å². The average Bonchev–Trinajstić information content (AvgIpc) is 2.34. The van der Waals surface area contributed by atoms with E-state index in [1.807, 2.05) is 19.9 Å². The van der Waals surface area contributed by atoms with Crippen LogP contribution in [0.25, 0.3) is 5.70 Å². The third kappa shape index (κ3) is 4.49. The van der Waals surface area contributed by atoms with Gasteiger partial charge in [0.2, 0.25) is 0 Å². The van der Waals surface area contributed by atoms with Crippen LogP contribution >= 0.6 is 0 Å². The summed E-state index contributed by atoms with van der Waals surface area (Å²) in [5.41, 5.74) is 8.01. The zero-order chi connectivity index (χ0) is 12.4. The van der Waals surface area contributed by atoms with Crippen molar-refractivity contribution in [3.63, 3.8) is 0 Å². The maximum Gasteiger partial charge on any atom is 0.0394 e. The zero-order valence-corrected chi connectivity index (χ0v) is 10.9. The van der Waals surface area contributed by atoms with Crippen LogP contribution in [-0.4, -0.2) is 25.0 Å². The summed E-state index contributed by atoms with van der Waals surface area (Å²) in [5, 5.41) is 0. The SMILES string of the molecule is C/C=C(/c1ccccc1)N(C)CCN.CC. The van der Waals surface area contributed by atoms with E-state index in [0.717, 1.165) is 6.54 Å². The number of nitrogens with two attached hydrogens (primary N) is 1. The summed E-state index contributed by atoms with van der Waals surface area (Å²) in [4.78, 5) is 2.18. The van der Waals surface area contributed by atoms with Gasteiger partial charge in [0.15, 0.2) is 0 Å². The Hall–Kier alpha value is -1.28. The number of hydrogen-bond donors (Lipinski definition) is 1. The molecule has 90 valence electrons. The highest BCUT2D eigenvalue weighted by atomic mass is 15.1. The van der Waals surface area contributed by atoms with Gasteiger partial charge in [0.05, 0.1) is 0 Å². The first-order chi connectivity index (χ1) is 7.79. The molecule has 0 radical (unpaired) electrons. The van der Waals surface area contributed by atoms with E-state index in [0.29, 0.717) is 6.54 Å². The number of hydrogen-bond acceptors (Lipinski definition) is 2. The lowest BCUT2D eigenvalue weighted by Crippen LogP contribution is -2.24. The normalized spacial score (nSPS) is 10.4. The molecule has 16 heavy (non-hydrogen) atoms. The molecule has 2 heteroatoms. The molecular weight excluding hydrogens is 196 g/mol. The minimum atomic E-state index is 0.681. The minimum Gasteiger partial charge on any atom is -0.373 e. The monoisotopic (exact) mass is 220 g/mol. The first-order valence-electron chi connectivity index (χ1n) is 5.92. The van der Waals surface area contributed by atoms with Crippen molar-refractivity contribution >= 4 is 5.70 Å². The van der Waals surface area contributed by atoms with Crippen molar-refractivity contribution in [2.75, 3.05) is 20.1 Å². The van der Waals surface area contributed by atoms with E-state index in [9.17, 15) is 0 Å². The maximum atomic E-state index is 5.53. The molecule has 0 aromatic heterocycles. The van der Waals surface area contributed by atoms with Crippen molar-refractivity contribution < 1.29 is 0 Å². The van der Waals surface area contributed by atoms with Crippen LogP contribution < -0.4 is 5.73 Å². The van der Waals surface area contributed by atoms with Crippen molar-refractivity contribution in [3.8, 4) is 0 Å². The van der Waals surface area contributed by atoms with Gasteiger partial charge in [-0.2, -0.15) is 0 Å². The summed E-state index contributed by atoms with van der Waals surface area (Å²) in [6, 6.07) is 10.4. The van der Waals surface area contributed by atoms with Gasteiger partial charge in [-0.1, -0.05) is 50.3 Å². The lowest BCUT2D eigenvalue weighted by molar-refractivity contribution is 0.490. The first-order valence-corrected chi connectivity index (χ1v) is 5.92. The van der Waals surface area contributed by atoms with Gasteiger partial charge in [-0.05, 0) is 12.5 Å². The van der Waals surface area contributed by atoms with Gasteiger partial charge in [0.1, 0.15) is 0 Å². The molecule has 1 aromatic carbocycles. The third-order valence-corrected chi connectivity index (χ3v) is 2.22. The maximum absolute atomic E-state index is 5.53. The fourth-order valence-corrected chi connectivity index (χ4v) is 1.53. The molecule has 0 heterocycles. The summed E-state index contributed by atoms with van der Waals surface area (Å²) in [7, 11) is 2.06. The van der Waals surface area contributed by atoms with Crippen molar-refractivity contribution in [1.82, 2.24) is 4.90 Å². The van der Waals surface area contributed by atoms with E-state index in [4.69, 9.17) is 5.73 Å². The van der Waals surface area contributed by atoms with E-state index in [1.54, 1.807) is 0 Å². The molecule has 2 nitrogen and oxygen atoms in total. The zero-order valence-electron chi connectivity index (χ0n) is 10.9. The summed E-state index contributed by atoms with van der Waals surface area (Å²) in [5.74, 6) is 0. The molecule has 0 aliphatic rings. The number of allylic oxidation sites excluding steroid dienone is 1. The van der Waals surface area contributed by atoms with Crippen LogP contribution in [0, 0.1) is 0 Å². The molecule has 1 rings (SSSR count). The van der Waals surface area contributed by atoms with E-state index in [-0.39, 0.29) is 0 Å². The van der Waals surface area contributed by atoms with Gasteiger partial charge in [0, 0.05) is 25.8 Å². The largest absolute Gasteiger partial charge is 0.373 e. The van der Waals surface area contributed by atoms with Gasteiger partial charge < -0.3 is 10.6 Å². The fraction of sp³-hybridized carbons (Fsp3) is 0.429. The van der Waals surface area contributed by atoms with Crippen LogP contribution in [-0.2, 0) is 0 Å². The molecule has 0 unspecified atom stereocenters. The summed E-state index contributed by atoms with van der Waals surface area (Å²) >= 11 is 0. The highest BCUT2D eigenvalue weighted by molar-refractivity contribution is 5.63. The van der Waals surface area contributed by atoms with Gasteiger partial charge in [-0.15, -0.1) is 0 Å². The Kier molecular flexibility index (Phi) is 8.26. The Bertz CT molecular complexity index is 291. The number of rotatable bonds is 4. The first kappa shape index (κ1) is 14.7. The average molecular weight is 220 g/mol. The molecule has 0 spiro atoms. The second kappa shape index (κ2) is 8.98. The molecule has 0 saturated carbocycles. The molecule has 0 saturated heterocycles. The summed E-state index contributed by atoms with van der Waals surface area (Å²) in [6.45, 7) is 7.62. The highest BCUT2D eigenvalue weighted by Crippen LogP contribution is 2.16. The predicted octanol–water partition coefficient (Wildman–Crippen LogP) is 2.96. The number of benzene rings is 1. The van der Waals surface area contributed by atoms with Crippen LogP contribution in [0.4, 0.5) is 0 Å². The smallest absolute Gasteiger partial charge is 0.0394 e. The molecular formula is C14H24N2. The predicted molar refractivity (Wildman–Crippen MR) is 73.1 cm³/mol. The van der Waals surface area contributed by atoms with Gasteiger partial charge in [-0.3, -0.25) is 0 Å². The lowest BCUT2D eigenvalue weighted by atomic mass is 10.1. The fourth-order valence-electron chi connectivity index (χ4n) is 1.53. The van der Waals surface area contributed by atoms with Crippen LogP contribution in [0.2, 0.25) is 0 Å². The Morgan fingerprint density at radius 1 is 1.25 bits per heavy atom. The molecule has 0 aliphatic carbocycles. The molecule has 0 bridgehead atoms. The van der Waals surface area contributed by atoms with Gasteiger partial charge >= 0.3 is 0 Å². The molecule has 0 atom stereocenters. The molecule has 0 fully saturated rings. The van der Waals surface area contributed by atoms with E-state index < -0.39 is 0 Å². The molecule has 0 aliphatic heterocycles. The van der Waals surface area contributed by atoms with Crippen molar-refractivity contribution in [2.24, 2.45) is 5.73 Å². The Balaban J connectivity index is 0.00000106. The Morgan fingerprint density at radius 3 is 2.25 bits per heavy atom. The van der Waals surface area contributed by atoms with Crippen LogP contribution in [0.1, 0.15) is 26.3 Å². The summed E-state index contributed by atoms with van der Waals surface area (Å²) in [6.07, 6.45) is 2.12. The Labute approximate surface area is 99.8 Å². The minimum absolute atomic E-state index is 0.681. The number of likely N-dealkylation sites (N-methyl/N-ethyl adjacent to an activating group) is 1. The van der Waals surface area contributed by atoms with Crippen LogP contribution in [0.5, 0.6) is 0 Å². The van der Waals surface area contributed by atoms with Crippen LogP contribution in [0.3, 0.4) is 0 Å². The molecule has 2 N–H and O–H groups in total. The van der Waals surface area contributed by atoms with E-state index >= 15 is 0 Å². The second-order valence-electron chi connectivity index (χ2n) is 3.25. The van der Waals surface area contributed by atoms with Crippen LogP contribution in [0.15, 0.2) is 36.4 Å².